The van der Waals surface area contributed by atoms with E-state index in [9.17, 15) is 9.59 Å². The third kappa shape index (κ3) is 4.34. The number of ether oxygens (including phenoxy) is 1. The fraction of sp³-hybridized carbons (Fsp3) is 0.400. The monoisotopic (exact) mass is 325 g/mol. The molecular weight excluding hydrogens is 302 g/mol. The highest BCUT2D eigenvalue weighted by molar-refractivity contribution is 5.72. The fourth-order valence-corrected chi connectivity index (χ4v) is 3.28. The zero-order valence-electron chi connectivity index (χ0n) is 13.8. The molecule has 0 bridgehead atoms. The van der Waals surface area contributed by atoms with Crippen LogP contribution in [0.2, 0.25) is 0 Å². The molecule has 0 radical (unpaired) electrons. The van der Waals surface area contributed by atoms with Crippen LogP contribution in [0.4, 0.5) is 0 Å². The first-order valence-electron chi connectivity index (χ1n) is 8.68. The Morgan fingerprint density at radius 3 is 2.50 bits per heavy atom. The summed E-state index contributed by atoms with van der Waals surface area (Å²) in [7, 11) is 0. The van der Waals surface area contributed by atoms with Crippen molar-refractivity contribution < 1.29 is 9.53 Å². The average Bonchev–Trinajstić information content (AvgIpc) is 2.62. The second-order valence-corrected chi connectivity index (χ2v) is 6.36. The van der Waals surface area contributed by atoms with Crippen LogP contribution < -0.4 is 10.3 Å². The lowest BCUT2D eigenvalue weighted by molar-refractivity contribution is -0.134. The summed E-state index contributed by atoms with van der Waals surface area (Å²) < 4.78 is 6.87. The van der Waals surface area contributed by atoms with Crippen molar-refractivity contribution in [3.05, 3.63) is 64.6 Å². The van der Waals surface area contributed by atoms with Crippen LogP contribution in [0.3, 0.4) is 0 Å². The minimum atomic E-state index is -0.323. The Morgan fingerprint density at radius 1 is 1.04 bits per heavy atom. The van der Waals surface area contributed by atoms with Crippen LogP contribution in [0, 0.1) is 0 Å². The van der Waals surface area contributed by atoms with E-state index in [1.807, 2.05) is 12.1 Å². The van der Waals surface area contributed by atoms with Crippen LogP contribution in [-0.4, -0.2) is 10.5 Å². The minimum absolute atomic E-state index is 0.109. The number of esters is 1. The van der Waals surface area contributed by atoms with Crippen LogP contribution >= 0.6 is 0 Å². The van der Waals surface area contributed by atoms with Crippen molar-refractivity contribution in [2.75, 3.05) is 0 Å². The highest BCUT2D eigenvalue weighted by Gasteiger charge is 2.15. The van der Waals surface area contributed by atoms with Crippen LogP contribution in [0.25, 0.3) is 0 Å². The van der Waals surface area contributed by atoms with E-state index in [1.54, 1.807) is 18.3 Å². The van der Waals surface area contributed by atoms with Gasteiger partial charge in [0.1, 0.15) is 5.75 Å². The van der Waals surface area contributed by atoms with E-state index < -0.39 is 0 Å². The van der Waals surface area contributed by atoms with E-state index in [4.69, 9.17) is 4.74 Å². The largest absolute Gasteiger partial charge is 0.426 e. The molecule has 1 aromatic heterocycles. The van der Waals surface area contributed by atoms with E-state index >= 15 is 0 Å². The van der Waals surface area contributed by atoms with E-state index in [-0.39, 0.29) is 17.9 Å². The predicted molar refractivity (Wildman–Crippen MR) is 93.2 cm³/mol. The maximum atomic E-state index is 11.9. The summed E-state index contributed by atoms with van der Waals surface area (Å²) in [6, 6.07) is 12.8. The normalized spacial score (nSPS) is 15.2. The Balaban J connectivity index is 1.52. The van der Waals surface area contributed by atoms with Gasteiger partial charge in [0.05, 0.1) is 6.42 Å². The molecule has 3 rings (SSSR count). The number of rotatable bonds is 5. The number of pyridine rings is 1. The molecule has 1 aliphatic rings. The molecule has 126 valence electrons. The molecule has 4 heteroatoms. The van der Waals surface area contributed by atoms with Gasteiger partial charge in [-0.2, -0.15) is 0 Å². The summed E-state index contributed by atoms with van der Waals surface area (Å²) in [5.41, 5.74) is 1.23. The quantitative estimate of drug-likeness (QED) is 0.619. The number of carbonyl (C=O) groups excluding carboxylic acids is 1. The first kappa shape index (κ1) is 16.5. The maximum Gasteiger partial charge on any atom is 0.312 e. The summed E-state index contributed by atoms with van der Waals surface area (Å²) in [5.74, 6) is 0.893. The van der Waals surface area contributed by atoms with E-state index in [0.29, 0.717) is 18.2 Å². The Kier molecular flexibility index (Phi) is 5.47. The SMILES string of the molecule is O=C(CCn1ccccc1=O)Oc1ccc(C2CCCCC2)cc1. The Labute approximate surface area is 142 Å². The smallest absolute Gasteiger partial charge is 0.312 e. The van der Waals surface area contributed by atoms with Crippen LogP contribution in [-0.2, 0) is 11.3 Å². The number of aromatic nitrogens is 1. The lowest BCUT2D eigenvalue weighted by Gasteiger charge is -2.22. The molecule has 0 unspecified atom stereocenters. The number of carbonyl (C=O) groups is 1. The lowest BCUT2D eigenvalue weighted by Crippen LogP contribution is -2.20. The minimum Gasteiger partial charge on any atom is -0.426 e. The standard InChI is InChI=1S/C20H23NO3/c22-19-8-4-5-14-21(19)15-13-20(23)24-18-11-9-17(10-12-18)16-6-2-1-3-7-16/h4-5,8-12,14,16H,1-3,6-7,13,15H2. The maximum absolute atomic E-state index is 11.9. The topological polar surface area (TPSA) is 48.3 Å². The average molecular weight is 325 g/mol. The summed E-state index contributed by atoms with van der Waals surface area (Å²) in [5, 5.41) is 0. The van der Waals surface area contributed by atoms with Gasteiger partial charge in [0.2, 0.25) is 0 Å². The molecule has 24 heavy (non-hydrogen) atoms. The van der Waals surface area contributed by atoms with Crippen LogP contribution in [0.15, 0.2) is 53.5 Å². The Morgan fingerprint density at radius 2 is 1.79 bits per heavy atom. The van der Waals surface area contributed by atoms with Crippen molar-refractivity contribution in [3.63, 3.8) is 0 Å². The molecule has 1 saturated carbocycles. The van der Waals surface area contributed by atoms with Gasteiger partial charge >= 0.3 is 5.97 Å². The van der Waals surface area contributed by atoms with Gasteiger partial charge in [-0.05, 0) is 42.5 Å². The van der Waals surface area contributed by atoms with Gasteiger partial charge in [-0.1, -0.05) is 37.5 Å². The molecule has 1 heterocycles. The Hall–Kier alpha value is -2.36. The molecule has 0 aliphatic heterocycles. The van der Waals surface area contributed by atoms with Gasteiger partial charge in [-0.3, -0.25) is 9.59 Å². The molecule has 1 aromatic carbocycles. The predicted octanol–water partition coefficient (Wildman–Crippen LogP) is 3.89. The fourth-order valence-electron chi connectivity index (χ4n) is 3.28. The number of benzene rings is 1. The van der Waals surface area contributed by atoms with Crippen molar-refractivity contribution in [2.45, 2.75) is 51.0 Å². The highest BCUT2D eigenvalue weighted by Crippen LogP contribution is 2.33. The third-order valence-electron chi connectivity index (χ3n) is 4.64. The van der Waals surface area contributed by atoms with Gasteiger partial charge in [-0.25, -0.2) is 0 Å². The van der Waals surface area contributed by atoms with Gasteiger partial charge in [0, 0.05) is 18.8 Å². The zero-order valence-corrected chi connectivity index (χ0v) is 13.8. The van der Waals surface area contributed by atoms with Crippen LogP contribution in [0.5, 0.6) is 5.75 Å². The van der Waals surface area contributed by atoms with Crippen molar-refractivity contribution >= 4 is 5.97 Å². The van der Waals surface area contributed by atoms with Gasteiger partial charge < -0.3 is 9.30 Å². The molecule has 0 amide bonds. The molecule has 4 nitrogen and oxygen atoms in total. The molecule has 0 spiro atoms. The van der Waals surface area contributed by atoms with Gasteiger partial charge in [0.25, 0.3) is 5.56 Å². The summed E-state index contributed by atoms with van der Waals surface area (Å²) in [6.07, 6.45) is 8.32. The van der Waals surface area contributed by atoms with Crippen molar-refractivity contribution in [2.24, 2.45) is 0 Å². The second-order valence-electron chi connectivity index (χ2n) is 6.36. The number of nitrogens with zero attached hydrogens (tertiary/aromatic N) is 1. The number of aryl methyl sites for hydroxylation is 1. The number of hydrogen-bond donors (Lipinski definition) is 0. The molecule has 1 aliphatic carbocycles. The van der Waals surface area contributed by atoms with Crippen molar-refractivity contribution in [1.29, 1.82) is 0 Å². The van der Waals surface area contributed by atoms with Crippen LogP contribution in [0.1, 0.15) is 50.0 Å². The van der Waals surface area contributed by atoms with E-state index in [2.05, 4.69) is 12.1 Å². The van der Waals surface area contributed by atoms with E-state index in [0.717, 1.165) is 0 Å². The first-order chi connectivity index (χ1) is 11.7. The highest BCUT2D eigenvalue weighted by atomic mass is 16.5. The molecule has 0 atom stereocenters. The summed E-state index contributed by atoms with van der Waals surface area (Å²) in [6.45, 7) is 0.332. The molecule has 1 fully saturated rings. The number of hydrogen-bond acceptors (Lipinski definition) is 3. The second kappa shape index (κ2) is 7.95. The molecule has 2 aromatic rings. The third-order valence-corrected chi connectivity index (χ3v) is 4.64. The molecule has 0 N–H and O–H groups in total. The van der Waals surface area contributed by atoms with E-state index in [1.165, 1.54) is 48.3 Å². The van der Waals surface area contributed by atoms with Crippen molar-refractivity contribution in [3.8, 4) is 5.75 Å². The lowest BCUT2D eigenvalue weighted by atomic mass is 9.84. The summed E-state index contributed by atoms with van der Waals surface area (Å²) in [4.78, 5) is 23.5. The molecular formula is C20H23NO3. The Bertz CT molecular complexity index is 727. The summed E-state index contributed by atoms with van der Waals surface area (Å²) >= 11 is 0. The van der Waals surface area contributed by atoms with Crippen molar-refractivity contribution in [1.82, 2.24) is 4.57 Å². The first-order valence-corrected chi connectivity index (χ1v) is 8.68. The van der Waals surface area contributed by atoms with Gasteiger partial charge in [-0.15, -0.1) is 0 Å². The zero-order chi connectivity index (χ0) is 16.8. The van der Waals surface area contributed by atoms with Gasteiger partial charge in [0.15, 0.2) is 0 Å². The molecule has 0 saturated heterocycles.